The van der Waals surface area contributed by atoms with E-state index in [1.54, 1.807) is 6.07 Å². The average molecular weight is 283 g/mol. The third-order valence-corrected chi connectivity index (χ3v) is 3.69. The molecule has 2 rings (SSSR count). The van der Waals surface area contributed by atoms with Gasteiger partial charge in [-0.3, -0.25) is 0 Å². The van der Waals surface area contributed by atoms with Crippen LogP contribution in [0.15, 0.2) is 11.4 Å². The normalized spacial score (nSPS) is 21.8. The SMILES string of the molecule is CC(C)(C)OC(=O)NC1CC1c1csc(C(=O)O)c1. The highest BCUT2D eigenvalue weighted by Crippen LogP contribution is 2.42. The van der Waals surface area contributed by atoms with Gasteiger partial charge in [0.15, 0.2) is 0 Å². The smallest absolute Gasteiger partial charge is 0.407 e. The first-order chi connectivity index (χ1) is 8.76. The quantitative estimate of drug-likeness (QED) is 0.894. The molecule has 2 unspecified atom stereocenters. The molecule has 1 aromatic heterocycles. The van der Waals surface area contributed by atoms with E-state index in [4.69, 9.17) is 9.84 Å². The minimum atomic E-state index is -0.909. The van der Waals surface area contributed by atoms with Crippen molar-refractivity contribution in [3.8, 4) is 0 Å². The number of aromatic carboxylic acids is 1. The minimum absolute atomic E-state index is 0.0473. The Bertz CT molecular complexity index is 503. The Morgan fingerprint density at radius 2 is 2.16 bits per heavy atom. The van der Waals surface area contributed by atoms with Gasteiger partial charge in [0.2, 0.25) is 0 Å². The number of carboxylic acids is 1. The fourth-order valence-electron chi connectivity index (χ4n) is 1.84. The first-order valence-corrected chi connectivity index (χ1v) is 6.95. The second-order valence-corrected chi connectivity index (χ2v) is 6.56. The zero-order valence-electron chi connectivity index (χ0n) is 11.1. The second kappa shape index (κ2) is 4.85. The van der Waals surface area contributed by atoms with E-state index in [2.05, 4.69) is 5.32 Å². The van der Waals surface area contributed by atoms with Gasteiger partial charge in [-0.1, -0.05) is 0 Å². The van der Waals surface area contributed by atoms with Gasteiger partial charge in [0.05, 0.1) is 0 Å². The summed E-state index contributed by atoms with van der Waals surface area (Å²) in [5.74, 6) is -0.703. The summed E-state index contributed by atoms with van der Waals surface area (Å²) in [5, 5.41) is 13.5. The van der Waals surface area contributed by atoms with Crippen LogP contribution in [0.4, 0.5) is 4.79 Å². The Labute approximate surface area is 115 Å². The van der Waals surface area contributed by atoms with Crippen molar-refractivity contribution in [3.05, 3.63) is 21.9 Å². The van der Waals surface area contributed by atoms with E-state index in [1.807, 2.05) is 26.2 Å². The molecule has 19 heavy (non-hydrogen) atoms. The molecule has 0 radical (unpaired) electrons. The van der Waals surface area contributed by atoms with Gasteiger partial charge in [-0.05, 0) is 44.2 Å². The number of nitrogens with one attached hydrogen (secondary N) is 1. The highest BCUT2D eigenvalue weighted by molar-refractivity contribution is 7.12. The van der Waals surface area contributed by atoms with Crippen molar-refractivity contribution in [1.82, 2.24) is 5.32 Å². The highest BCUT2D eigenvalue weighted by Gasteiger charge is 2.41. The largest absolute Gasteiger partial charge is 0.477 e. The van der Waals surface area contributed by atoms with Crippen molar-refractivity contribution >= 4 is 23.4 Å². The van der Waals surface area contributed by atoms with Crippen molar-refractivity contribution in [2.75, 3.05) is 0 Å². The van der Waals surface area contributed by atoms with Crippen LogP contribution in [-0.4, -0.2) is 28.8 Å². The maximum atomic E-state index is 11.6. The Hall–Kier alpha value is -1.56. The first-order valence-electron chi connectivity index (χ1n) is 6.07. The number of carboxylic acid groups (broad SMARTS) is 1. The molecule has 2 atom stereocenters. The van der Waals surface area contributed by atoms with Crippen LogP contribution in [0.3, 0.4) is 0 Å². The molecule has 1 fully saturated rings. The molecular weight excluding hydrogens is 266 g/mol. The standard InChI is InChI=1S/C13H17NO4S/c1-13(2,3)18-12(17)14-9-5-8(9)7-4-10(11(15)16)19-6-7/h4,6,8-9H,5H2,1-3H3,(H,14,17)(H,15,16). The first kappa shape index (κ1) is 13.9. The van der Waals surface area contributed by atoms with E-state index in [-0.39, 0.29) is 12.0 Å². The molecule has 1 amide bonds. The summed E-state index contributed by atoms with van der Waals surface area (Å²) in [6.07, 6.45) is 0.406. The van der Waals surface area contributed by atoms with Crippen LogP contribution in [0.5, 0.6) is 0 Å². The molecule has 5 nitrogen and oxygen atoms in total. The molecule has 2 N–H and O–H groups in total. The zero-order valence-corrected chi connectivity index (χ0v) is 11.9. The summed E-state index contributed by atoms with van der Waals surface area (Å²) in [7, 11) is 0. The number of rotatable bonds is 3. The van der Waals surface area contributed by atoms with Crippen molar-refractivity contribution < 1.29 is 19.4 Å². The fraction of sp³-hybridized carbons (Fsp3) is 0.538. The average Bonchev–Trinajstić information content (AvgIpc) is 2.82. The number of carbonyl (C=O) groups is 2. The van der Waals surface area contributed by atoms with Gasteiger partial charge in [0.25, 0.3) is 0 Å². The molecule has 0 saturated heterocycles. The summed E-state index contributed by atoms with van der Waals surface area (Å²) < 4.78 is 5.17. The lowest BCUT2D eigenvalue weighted by molar-refractivity contribution is 0.0522. The summed E-state index contributed by atoms with van der Waals surface area (Å²) in [6.45, 7) is 5.44. The van der Waals surface area contributed by atoms with E-state index in [9.17, 15) is 9.59 Å². The summed E-state index contributed by atoms with van der Waals surface area (Å²) in [4.78, 5) is 22.7. The van der Waals surface area contributed by atoms with Crippen LogP contribution < -0.4 is 5.32 Å². The van der Waals surface area contributed by atoms with Gasteiger partial charge in [-0.25, -0.2) is 9.59 Å². The Morgan fingerprint density at radius 1 is 1.47 bits per heavy atom. The highest BCUT2D eigenvalue weighted by atomic mass is 32.1. The molecule has 0 spiro atoms. The third kappa shape index (κ3) is 3.70. The lowest BCUT2D eigenvalue weighted by Gasteiger charge is -2.19. The second-order valence-electron chi connectivity index (χ2n) is 5.64. The van der Waals surface area contributed by atoms with Crippen LogP contribution >= 0.6 is 11.3 Å². The van der Waals surface area contributed by atoms with Gasteiger partial charge >= 0.3 is 12.1 Å². The fourth-order valence-corrected chi connectivity index (χ4v) is 2.65. The van der Waals surface area contributed by atoms with Crippen molar-refractivity contribution in [1.29, 1.82) is 0 Å². The molecule has 1 saturated carbocycles. The number of hydrogen-bond donors (Lipinski definition) is 2. The van der Waals surface area contributed by atoms with Crippen molar-refractivity contribution in [3.63, 3.8) is 0 Å². The van der Waals surface area contributed by atoms with Crippen molar-refractivity contribution in [2.24, 2.45) is 0 Å². The molecule has 6 heteroatoms. The van der Waals surface area contributed by atoms with Crippen LogP contribution in [0, 0.1) is 0 Å². The topological polar surface area (TPSA) is 75.6 Å². The van der Waals surface area contributed by atoms with E-state index >= 15 is 0 Å². The molecule has 0 bridgehead atoms. The Balaban J connectivity index is 1.87. The maximum Gasteiger partial charge on any atom is 0.407 e. The van der Waals surface area contributed by atoms with Gasteiger partial charge in [-0.15, -0.1) is 11.3 Å². The van der Waals surface area contributed by atoms with Gasteiger partial charge in [0.1, 0.15) is 10.5 Å². The van der Waals surface area contributed by atoms with Gasteiger partial charge in [-0.2, -0.15) is 0 Å². The summed E-state index contributed by atoms with van der Waals surface area (Å²) in [5.41, 5.74) is 0.469. The molecule has 1 heterocycles. The van der Waals surface area contributed by atoms with Gasteiger partial charge < -0.3 is 15.2 Å². The predicted molar refractivity (Wildman–Crippen MR) is 71.8 cm³/mol. The number of hydrogen-bond acceptors (Lipinski definition) is 4. The predicted octanol–water partition coefficient (Wildman–Crippen LogP) is 2.83. The molecular formula is C13H17NO4S. The molecule has 0 aromatic carbocycles. The number of amides is 1. The maximum absolute atomic E-state index is 11.6. The minimum Gasteiger partial charge on any atom is -0.477 e. The van der Waals surface area contributed by atoms with E-state index in [0.717, 1.165) is 12.0 Å². The molecule has 0 aliphatic heterocycles. The van der Waals surface area contributed by atoms with Gasteiger partial charge in [0, 0.05) is 12.0 Å². The van der Waals surface area contributed by atoms with Crippen molar-refractivity contribution in [2.45, 2.75) is 44.8 Å². The van der Waals surface area contributed by atoms with Crippen LogP contribution in [-0.2, 0) is 4.74 Å². The Kier molecular flexibility index (Phi) is 3.54. The van der Waals surface area contributed by atoms with Crippen LogP contribution in [0.25, 0.3) is 0 Å². The molecule has 1 aliphatic rings. The van der Waals surface area contributed by atoms with E-state index < -0.39 is 17.7 Å². The molecule has 1 aliphatic carbocycles. The van der Waals surface area contributed by atoms with Crippen LogP contribution in [0.2, 0.25) is 0 Å². The third-order valence-electron chi connectivity index (χ3n) is 2.75. The monoisotopic (exact) mass is 283 g/mol. The lowest BCUT2D eigenvalue weighted by atomic mass is 10.2. The zero-order chi connectivity index (χ0) is 14.2. The summed E-state index contributed by atoms with van der Waals surface area (Å²) >= 11 is 1.21. The number of ether oxygens (including phenoxy) is 1. The lowest BCUT2D eigenvalue weighted by Crippen LogP contribution is -2.34. The molecule has 104 valence electrons. The number of thiophene rings is 1. The van der Waals surface area contributed by atoms with E-state index in [1.165, 1.54) is 11.3 Å². The Morgan fingerprint density at radius 3 is 2.68 bits per heavy atom. The molecule has 1 aromatic rings. The van der Waals surface area contributed by atoms with E-state index in [0.29, 0.717) is 4.88 Å². The summed E-state index contributed by atoms with van der Waals surface area (Å²) in [6, 6.07) is 1.72. The van der Waals surface area contributed by atoms with Crippen LogP contribution in [0.1, 0.15) is 48.3 Å². The number of alkyl carbamates (subject to hydrolysis) is 1. The number of carbonyl (C=O) groups excluding carboxylic acids is 1.